The van der Waals surface area contributed by atoms with Crippen molar-refractivity contribution < 1.29 is 19.8 Å². The number of carboxylic acids is 1. The number of likely N-dealkylation sites (tertiary alicyclic amines) is 1. The minimum atomic E-state index is -0.999. The number of likely N-dealkylation sites (N-methyl/N-ethyl adjacent to an activating group) is 1. The molecule has 0 aromatic heterocycles. The van der Waals surface area contributed by atoms with Gasteiger partial charge < -0.3 is 20.0 Å². The first-order valence-corrected chi connectivity index (χ1v) is 5.90. The molecule has 17 heavy (non-hydrogen) atoms. The number of carbonyl (C=O) groups excluding carboxylic acids is 1. The molecule has 6 nitrogen and oxygen atoms in total. The number of aliphatic carboxylic acids is 1. The summed E-state index contributed by atoms with van der Waals surface area (Å²) in [4.78, 5) is 25.7. The van der Waals surface area contributed by atoms with Crippen LogP contribution in [-0.2, 0) is 4.79 Å². The molecule has 2 atom stereocenters. The fraction of sp³-hybridized carbons (Fsp3) is 0.818. The molecule has 1 fully saturated rings. The summed E-state index contributed by atoms with van der Waals surface area (Å²) < 4.78 is 0. The standard InChI is InChI=1S/C11H20N2O4/c1-3-9(10(15)16)12(2)11(17)13-6-4-5-8(14)7-13/h8-9,14H,3-7H2,1-2H3,(H,15,16). The average Bonchev–Trinajstić information content (AvgIpc) is 2.28. The highest BCUT2D eigenvalue weighted by atomic mass is 16.4. The van der Waals surface area contributed by atoms with Crippen molar-refractivity contribution in [1.29, 1.82) is 0 Å². The number of piperidine rings is 1. The molecule has 1 aliphatic heterocycles. The molecule has 0 aliphatic carbocycles. The summed E-state index contributed by atoms with van der Waals surface area (Å²) in [7, 11) is 1.49. The second kappa shape index (κ2) is 5.86. The molecule has 0 aromatic rings. The zero-order valence-corrected chi connectivity index (χ0v) is 10.3. The van der Waals surface area contributed by atoms with Gasteiger partial charge >= 0.3 is 12.0 Å². The maximum absolute atomic E-state index is 12.0. The Morgan fingerprint density at radius 1 is 1.53 bits per heavy atom. The summed E-state index contributed by atoms with van der Waals surface area (Å²) >= 11 is 0. The fourth-order valence-electron chi connectivity index (χ4n) is 2.10. The number of amides is 2. The van der Waals surface area contributed by atoms with E-state index < -0.39 is 18.1 Å². The lowest BCUT2D eigenvalue weighted by Crippen LogP contribution is -2.52. The van der Waals surface area contributed by atoms with Gasteiger partial charge in [0.05, 0.1) is 6.10 Å². The highest BCUT2D eigenvalue weighted by molar-refractivity contribution is 5.82. The van der Waals surface area contributed by atoms with E-state index in [1.165, 1.54) is 16.8 Å². The number of β-amino-alcohol motifs (C(OH)–C–C–N with tert-alkyl or cyclic N) is 1. The third kappa shape index (κ3) is 3.33. The molecule has 1 heterocycles. The Labute approximate surface area is 101 Å². The van der Waals surface area contributed by atoms with Gasteiger partial charge in [0.25, 0.3) is 0 Å². The van der Waals surface area contributed by atoms with Gasteiger partial charge in [0.1, 0.15) is 6.04 Å². The van der Waals surface area contributed by atoms with Crippen LogP contribution in [0.25, 0.3) is 0 Å². The van der Waals surface area contributed by atoms with E-state index in [9.17, 15) is 14.7 Å². The maximum atomic E-state index is 12.0. The number of hydrogen-bond acceptors (Lipinski definition) is 3. The van der Waals surface area contributed by atoms with Crippen molar-refractivity contribution in [1.82, 2.24) is 9.80 Å². The van der Waals surface area contributed by atoms with Gasteiger partial charge in [0.2, 0.25) is 0 Å². The highest BCUT2D eigenvalue weighted by Gasteiger charge is 2.30. The number of carboxylic acid groups (broad SMARTS) is 1. The van der Waals surface area contributed by atoms with E-state index >= 15 is 0 Å². The molecule has 2 unspecified atom stereocenters. The summed E-state index contributed by atoms with van der Waals surface area (Å²) in [6.07, 6.45) is 1.33. The number of nitrogens with zero attached hydrogens (tertiary/aromatic N) is 2. The zero-order valence-electron chi connectivity index (χ0n) is 10.3. The smallest absolute Gasteiger partial charge is 0.326 e. The molecule has 1 aliphatic rings. The molecule has 2 amide bonds. The second-order valence-electron chi connectivity index (χ2n) is 4.40. The summed E-state index contributed by atoms with van der Waals surface area (Å²) in [5.41, 5.74) is 0. The van der Waals surface area contributed by atoms with E-state index in [4.69, 9.17) is 5.11 Å². The quantitative estimate of drug-likeness (QED) is 0.751. The van der Waals surface area contributed by atoms with Crippen molar-refractivity contribution in [3.63, 3.8) is 0 Å². The van der Waals surface area contributed by atoms with Crippen LogP contribution in [0.2, 0.25) is 0 Å². The molecule has 6 heteroatoms. The third-order valence-electron chi connectivity index (χ3n) is 3.11. The Bertz CT molecular complexity index is 295. The van der Waals surface area contributed by atoms with E-state index in [-0.39, 0.29) is 6.03 Å². The second-order valence-corrected chi connectivity index (χ2v) is 4.40. The number of hydrogen-bond donors (Lipinski definition) is 2. The van der Waals surface area contributed by atoms with Crippen LogP contribution in [-0.4, -0.2) is 64.3 Å². The summed E-state index contributed by atoms with van der Waals surface area (Å²) in [5.74, 6) is -0.999. The van der Waals surface area contributed by atoms with Crippen molar-refractivity contribution in [2.24, 2.45) is 0 Å². The Kier molecular flexibility index (Phi) is 4.74. The number of urea groups is 1. The van der Waals surface area contributed by atoms with E-state index in [0.29, 0.717) is 25.9 Å². The van der Waals surface area contributed by atoms with Gasteiger partial charge in [0.15, 0.2) is 0 Å². The first-order valence-electron chi connectivity index (χ1n) is 5.90. The van der Waals surface area contributed by atoms with Gasteiger partial charge in [-0.2, -0.15) is 0 Å². The maximum Gasteiger partial charge on any atom is 0.326 e. The van der Waals surface area contributed by atoms with Crippen LogP contribution in [0.1, 0.15) is 26.2 Å². The first-order chi connectivity index (χ1) is 7.97. The Morgan fingerprint density at radius 3 is 2.65 bits per heavy atom. The summed E-state index contributed by atoms with van der Waals surface area (Å²) in [5, 5.41) is 18.5. The van der Waals surface area contributed by atoms with Crippen LogP contribution < -0.4 is 0 Å². The van der Waals surface area contributed by atoms with Gasteiger partial charge in [-0.15, -0.1) is 0 Å². The topological polar surface area (TPSA) is 81.1 Å². The molecule has 1 rings (SSSR count). The molecule has 2 N–H and O–H groups in total. The highest BCUT2D eigenvalue weighted by Crippen LogP contribution is 2.13. The van der Waals surface area contributed by atoms with Gasteiger partial charge in [-0.3, -0.25) is 0 Å². The van der Waals surface area contributed by atoms with Crippen molar-refractivity contribution in [3.05, 3.63) is 0 Å². The van der Waals surface area contributed by atoms with E-state index in [0.717, 1.165) is 6.42 Å². The monoisotopic (exact) mass is 244 g/mol. The van der Waals surface area contributed by atoms with Crippen molar-refractivity contribution in [2.45, 2.75) is 38.3 Å². The SMILES string of the molecule is CCC(C(=O)O)N(C)C(=O)N1CCCC(O)C1. The van der Waals surface area contributed by atoms with Crippen molar-refractivity contribution >= 4 is 12.0 Å². The number of carbonyl (C=O) groups is 2. The molecule has 0 radical (unpaired) electrons. The Morgan fingerprint density at radius 2 is 2.18 bits per heavy atom. The van der Waals surface area contributed by atoms with Crippen LogP contribution >= 0.6 is 0 Å². The van der Waals surface area contributed by atoms with Crippen molar-refractivity contribution in [2.75, 3.05) is 20.1 Å². The van der Waals surface area contributed by atoms with E-state index in [1.807, 2.05) is 0 Å². The minimum Gasteiger partial charge on any atom is -0.480 e. The first kappa shape index (κ1) is 13.8. The lowest BCUT2D eigenvalue weighted by atomic mass is 10.1. The molecular weight excluding hydrogens is 224 g/mol. The average molecular weight is 244 g/mol. The fourth-order valence-corrected chi connectivity index (χ4v) is 2.10. The van der Waals surface area contributed by atoms with Crippen LogP contribution in [0, 0.1) is 0 Å². The van der Waals surface area contributed by atoms with Gasteiger partial charge in [-0.25, -0.2) is 9.59 Å². The normalized spacial score (nSPS) is 22.1. The van der Waals surface area contributed by atoms with Gasteiger partial charge in [-0.05, 0) is 19.3 Å². The summed E-state index contributed by atoms with van der Waals surface area (Å²) in [6, 6.07) is -1.13. The van der Waals surface area contributed by atoms with Gasteiger partial charge in [0, 0.05) is 20.1 Å². The van der Waals surface area contributed by atoms with Gasteiger partial charge in [-0.1, -0.05) is 6.92 Å². The molecule has 0 aromatic carbocycles. The van der Waals surface area contributed by atoms with Crippen molar-refractivity contribution in [3.8, 4) is 0 Å². The molecule has 0 saturated carbocycles. The lowest BCUT2D eigenvalue weighted by molar-refractivity contribution is -0.142. The lowest BCUT2D eigenvalue weighted by Gasteiger charge is -2.35. The Balaban J connectivity index is 2.64. The minimum absolute atomic E-state index is 0.291. The molecular formula is C11H20N2O4. The van der Waals surface area contributed by atoms with Crippen LogP contribution in [0.15, 0.2) is 0 Å². The molecule has 0 bridgehead atoms. The third-order valence-corrected chi connectivity index (χ3v) is 3.11. The largest absolute Gasteiger partial charge is 0.480 e. The molecule has 1 saturated heterocycles. The molecule has 98 valence electrons. The van der Waals surface area contributed by atoms with Crippen LogP contribution in [0.5, 0.6) is 0 Å². The van der Waals surface area contributed by atoms with E-state index in [2.05, 4.69) is 0 Å². The molecule has 0 spiro atoms. The van der Waals surface area contributed by atoms with Crippen LogP contribution in [0.4, 0.5) is 4.79 Å². The summed E-state index contributed by atoms with van der Waals surface area (Å²) in [6.45, 7) is 2.60. The number of rotatable bonds is 3. The van der Waals surface area contributed by atoms with E-state index in [1.54, 1.807) is 6.92 Å². The van der Waals surface area contributed by atoms with Crippen LogP contribution in [0.3, 0.4) is 0 Å². The number of aliphatic hydroxyl groups excluding tert-OH is 1. The zero-order chi connectivity index (χ0) is 13.0. The number of aliphatic hydroxyl groups is 1. The predicted molar refractivity (Wildman–Crippen MR) is 61.7 cm³/mol. The predicted octanol–water partition coefficient (Wildman–Crippen LogP) is 0.358. The Hall–Kier alpha value is -1.30.